The van der Waals surface area contributed by atoms with Crippen LogP contribution < -0.4 is 9.96 Å². The molecule has 2 aliphatic heterocycles. The number of nitro groups is 1. The maximum atomic E-state index is 13.6. The maximum absolute atomic E-state index is 13.6. The van der Waals surface area contributed by atoms with Crippen LogP contribution >= 0.6 is 23.2 Å². The highest BCUT2D eigenvalue weighted by atomic mass is 35.5. The lowest BCUT2D eigenvalue weighted by molar-refractivity contribution is -0.384. The Morgan fingerprint density at radius 3 is 2.38 bits per heavy atom. The highest BCUT2D eigenvalue weighted by Crippen LogP contribution is 2.49. The molecule has 0 N–H and O–H groups in total. The van der Waals surface area contributed by atoms with E-state index < -0.39 is 34.8 Å². The minimum absolute atomic E-state index is 0.154. The number of non-ortho nitro benzene ring substituents is 1. The zero-order chi connectivity index (χ0) is 24.1. The molecular formula is C24H17Cl2N3O5. The molecule has 8 nitrogen and oxygen atoms in total. The van der Waals surface area contributed by atoms with Crippen molar-refractivity contribution in [1.29, 1.82) is 0 Å². The van der Waals surface area contributed by atoms with Crippen LogP contribution in [0.3, 0.4) is 0 Å². The predicted molar refractivity (Wildman–Crippen MR) is 127 cm³/mol. The lowest BCUT2D eigenvalue weighted by atomic mass is 9.90. The van der Waals surface area contributed by atoms with E-state index in [2.05, 4.69) is 0 Å². The molecule has 2 amide bonds. The smallest absolute Gasteiger partial charge is 0.271 e. The van der Waals surface area contributed by atoms with Crippen molar-refractivity contribution >= 4 is 52.1 Å². The van der Waals surface area contributed by atoms with Gasteiger partial charge in [-0.1, -0.05) is 47.5 Å². The molecule has 2 fully saturated rings. The van der Waals surface area contributed by atoms with Gasteiger partial charge in [0.2, 0.25) is 5.91 Å². The van der Waals surface area contributed by atoms with Crippen molar-refractivity contribution in [2.45, 2.75) is 19.1 Å². The number of aryl methyl sites for hydroxylation is 1. The molecule has 172 valence electrons. The van der Waals surface area contributed by atoms with Gasteiger partial charge >= 0.3 is 0 Å². The Balaban J connectivity index is 1.63. The number of imide groups is 1. The van der Waals surface area contributed by atoms with Gasteiger partial charge in [0.05, 0.1) is 22.3 Å². The third-order valence-corrected chi connectivity index (χ3v) is 6.51. The zero-order valence-corrected chi connectivity index (χ0v) is 19.2. The van der Waals surface area contributed by atoms with Gasteiger partial charge in [-0.05, 0) is 48.4 Å². The topological polar surface area (TPSA) is 93.0 Å². The summed E-state index contributed by atoms with van der Waals surface area (Å²) in [4.78, 5) is 45.0. The van der Waals surface area contributed by atoms with Gasteiger partial charge in [0.15, 0.2) is 6.10 Å². The number of hydroxylamine groups is 1. The predicted octanol–water partition coefficient (Wildman–Crippen LogP) is 5.26. The van der Waals surface area contributed by atoms with Gasteiger partial charge < -0.3 is 0 Å². The van der Waals surface area contributed by atoms with E-state index in [4.69, 9.17) is 28.0 Å². The number of hydrogen-bond donors (Lipinski definition) is 0. The number of nitro benzene ring substituents is 1. The Labute approximate surface area is 204 Å². The summed E-state index contributed by atoms with van der Waals surface area (Å²) in [5.41, 5.74) is 2.03. The maximum Gasteiger partial charge on any atom is 0.271 e. The summed E-state index contributed by atoms with van der Waals surface area (Å²) in [5.74, 6) is -1.88. The number of anilines is 2. The molecule has 3 atom stereocenters. The fourth-order valence-corrected chi connectivity index (χ4v) is 4.98. The zero-order valence-electron chi connectivity index (χ0n) is 17.7. The van der Waals surface area contributed by atoms with Crippen LogP contribution in [0.25, 0.3) is 0 Å². The number of carbonyl (C=O) groups excluding carboxylic acids is 2. The number of amides is 2. The van der Waals surface area contributed by atoms with E-state index in [1.54, 1.807) is 36.4 Å². The summed E-state index contributed by atoms with van der Waals surface area (Å²) >= 11 is 12.6. The summed E-state index contributed by atoms with van der Waals surface area (Å²) in [5, 5.41) is 13.4. The van der Waals surface area contributed by atoms with Gasteiger partial charge in [0.25, 0.3) is 11.6 Å². The standard InChI is InChI=1S/C24H17Cl2N3O5/c1-13-4-2-5-15(10-13)27-23(30)20-21(18-9-8-14(25)11-19(18)26)28(34-22(20)24(27)31)16-6-3-7-17(12-16)29(32)33/h2-12,20-22H,1H3/t20-,21+,22+/m0/s1. The van der Waals surface area contributed by atoms with E-state index in [-0.39, 0.29) is 10.7 Å². The molecule has 0 saturated carbocycles. The molecule has 0 aromatic heterocycles. The Hall–Kier alpha value is -3.46. The van der Waals surface area contributed by atoms with E-state index in [1.165, 1.54) is 29.3 Å². The fourth-order valence-electron chi connectivity index (χ4n) is 4.46. The second-order valence-electron chi connectivity index (χ2n) is 8.12. The van der Waals surface area contributed by atoms with Crippen molar-refractivity contribution in [2.24, 2.45) is 5.92 Å². The summed E-state index contributed by atoms with van der Waals surface area (Å²) in [6.07, 6.45) is -1.12. The van der Waals surface area contributed by atoms with E-state index in [0.29, 0.717) is 22.0 Å². The molecule has 2 heterocycles. The average Bonchev–Trinajstić information content (AvgIpc) is 3.30. The van der Waals surface area contributed by atoms with E-state index in [9.17, 15) is 19.7 Å². The van der Waals surface area contributed by atoms with Crippen LogP contribution in [0.15, 0.2) is 66.7 Å². The van der Waals surface area contributed by atoms with Crippen LogP contribution in [0.2, 0.25) is 10.0 Å². The first-order valence-electron chi connectivity index (χ1n) is 10.4. The van der Waals surface area contributed by atoms with Crippen LogP contribution in [0.4, 0.5) is 17.1 Å². The lowest BCUT2D eigenvalue weighted by Crippen LogP contribution is -2.37. The van der Waals surface area contributed by atoms with Crippen LogP contribution in [0, 0.1) is 23.0 Å². The van der Waals surface area contributed by atoms with Gasteiger partial charge in [-0.3, -0.25) is 24.5 Å². The minimum Gasteiger partial charge on any atom is -0.273 e. The molecule has 10 heteroatoms. The molecule has 34 heavy (non-hydrogen) atoms. The van der Waals surface area contributed by atoms with Crippen molar-refractivity contribution in [3.63, 3.8) is 0 Å². The number of halogens is 2. The molecule has 0 spiro atoms. The number of hydrogen-bond acceptors (Lipinski definition) is 6. The minimum atomic E-state index is -1.12. The molecular weight excluding hydrogens is 481 g/mol. The molecule has 0 radical (unpaired) electrons. The van der Waals surface area contributed by atoms with Crippen LogP contribution in [-0.4, -0.2) is 22.8 Å². The summed E-state index contributed by atoms with van der Waals surface area (Å²) in [7, 11) is 0. The first kappa shape index (κ1) is 22.3. The van der Waals surface area contributed by atoms with E-state index in [1.807, 2.05) is 13.0 Å². The van der Waals surface area contributed by atoms with Crippen molar-refractivity contribution in [2.75, 3.05) is 9.96 Å². The molecule has 2 aliphatic rings. The number of carbonyl (C=O) groups is 2. The van der Waals surface area contributed by atoms with E-state index in [0.717, 1.165) is 10.5 Å². The van der Waals surface area contributed by atoms with Gasteiger partial charge in [-0.2, -0.15) is 0 Å². The molecule has 0 unspecified atom stereocenters. The summed E-state index contributed by atoms with van der Waals surface area (Å²) in [6.45, 7) is 1.87. The van der Waals surface area contributed by atoms with E-state index >= 15 is 0 Å². The number of nitrogens with zero attached hydrogens (tertiary/aromatic N) is 3. The molecule has 5 rings (SSSR count). The molecule has 0 aliphatic carbocycles. The van der Waals surface area contributed by atoms with Gasteiger partial charge in [-0.15, -0.1) is 0 Å². The summed E-state index contributed by atoms with van der Waals surface area (Å²) < 4.78 is 0. The normalized spacial score (nSPS) is 21.8. The third kappa shape index (κ3) is 3.60. The Morgan fingerprint density at radius 2 is 1.68 bits per heavy atom. The Morgan fingerprint density at radius 1 is 0.941 bits per heavy atom. The quantitative estimate of drug-likeness (QED) is 0.277. The average molecular weight is 498 g/mol. The van der Waals surface area contributed by atoms with Crippen molar-refractivity contribution in [3.8, 4) is 0 Å². The molecule has 0 bridgehead atoms. The largest absolute Gasteiger partial charge is 0.273 e. The summed E-state index contributed by atoms with van der Waals surface area (Å²) in [6, 6.07) is 16.9. The first-order chi connectivity index (χ1) is 16.3. The first-order valence-corrected chi connectivity index (χ1v) is 11.1. The highest BCUT2D eigenvalue weighted by molar-refractivity contribution is 6.35. The third-order valence-electron chi connectivity index (χ3n) is 5.95. The molecule has 2 saturated heterocycles. The fraction of sp³-hybridized carbons (Fsp3) is 0.167. The van der Waals surface area contributed by atoms with Crippen molar-refractivity contribution < 1.29 is 19.3 Å². The van der Waals surface area contributed by atoms with Gasteiger partial charge in [-0.25, -0.2) is 9.96 Å². The van der Waals surface area contributed by atoms with Crippen LogP contribution in [0.5, 0.6) is 0 Å². The Bertz CT molecular complexity index is 1350. The van der Waals surface area contributed by atoms with Crippen LogP contribution in [0.1, 0.15) is 17.2 Å². The molecule has 3 aromatic rings. The number of benzene rings is 3. The highest BCUT2D eigenvalue weighted by Gasteiger charge is 2.60. The SMILES string of the molecule is Cc1cccc(N2C(=O)[C@H]3[C@@H](c4ccc(Cl)cc4Cl)N(c4cccc([N+](=O)[O-])c4)O[C@H]3C2=O)c1. The number of rotatable bonds is 4. The number of fused-ring (bicyclic) bond motifs is 1. The monoisotopic (exact) mass is 497 g/mol. The van der Waals surface area contributed by atoms with Gasteiger partial charge in [0, 0.05) is 22.2 Å². The Kier molecular flexibility index (Phi) is 5.51. The second-order valence-corrected chi connectivity index (χ2v) is 8.96. The van der Waals surface area contributed by atoms with Crippen LogP contribution in [-0.2, 0) is 14.4 Å². The second kappa shape index (κ2) is 8.39. The van der Waals surface area contributed by atoms with Crippen molar-refractivity contribution in [3.05, 3.63) is 98.0 Å². The molecule has 3 aromatic carbocycles. The van der Waals surface area contributed by atoms with Gasteiger partial charge in [0.1, 0.15) is 5.92 Å². The lowest BCUT2D eigenvalue weighted by Gasteiger charge is -2.29. The van der Waals surface area contributed by atoms with Crippen molar-refractivity contribution in [1.82, 2.24) is 0 Å².